The number of carbonyl (C=O) groups excluding carboxylic acids is 2. The molecule has 0 N–H and O–H groups in total. The average Bonchev–Trinajstić information content (AvgIpc) is 2.17. The molecule has 0 aliphatic carbocycles. The first-order valence-corrected chi connectivity index (χ1v) is 4.56. The van der Waals surface area contributed by atoms with Gasteiger partial charge in [-0.05, 0) is 24.3 Å². The molecule has 3 nitrogen and oxygen atoms in total. The minimum absolute atomic E-state index is 0.0524. The highest BCUT2D eigenvalue weighted by Crippen LogP contribution is 2.18. The van der Waals surface area contributed by atoms with Gasteiger partial charge in [0.2, 0.25) is 12.2 Å². The van der Waals surface area contributed by atoms with E-state index in [2.05, 4.69) is 0 Å². The average molecular weight is 288 g/mol. The summed E-state index contributed by atoms with van der Waals surface area (Å²) in [5.74, 6) is -0.0524. The molecule has 0 fully saturated rings. The van der Waals surface area contributed by atoms with E-state index in [9.17, 15) is 9.59 Å². The number of hydrogen-bond donors (Lipinski definition) is 0. The fourth-order valence-corrected chi connectivity index (χ4v) is 1.16. The Bertz CT molecular complexity index is 321. The van der Waals surface area contributed by atoms with Crippen LogP contribution < -0.4 is 3.11 Å². The van der Waals surface area contributed by atoms with Gasteiger partial charge in [0.1, 0.15) is 0 Å². The molecular formula is C9H7INO2. The van der Waals surface area contributed by atoms with Gasteiger partial charge in [-0.25, -0.2) is 0 Å². The number of hydrogen-bond acceptors (Lipinski definition) is 2. The van der Waals surface area contributed by atoms with Crippen molar-refractivity contribution in [2.75, 3.05) is 3.11 Å². The van der Waals surface area contributed by atoms with Gasteiger partial charge in [-0.3, -0.25) is 12.7 Å². The Kier molecular flexibility index (Phi) is 3.41. The summed E-state index contributed by atoms with van der Waals surface area (Å²) in [6, 6.07) is 6.65. The van der Waals surface area contributed by atoms with Crippen molar-refractivity contribution in [1.82, 2.24) is 0 Å². The quantitative estimate of drug-likeness (QED) is 0.615. The molecule has 0 heterocycles. The molecule has 1 aromatic carbocycles. The zero-order chi connectivity index (χ0) is 9.84. The van der Waals surface area contributed by atoms with E-state index < -0.39 is 0 Å². The Morgan fingerprint density at radius 1 is 1.38 bits per heavy atom. The highest BCUT2D eigenvalue weighted by molar-refractivity contribution is 14.1. The molecule has 0 spiro atoms. The predicted octanol–water partition coefficient (Wildman–Crippen LogP) is 1.85. The van der Waals surface area contributed by atoms with E-state index in [1.165, 1.54) is 10.0 Å². The lowest BCUT2D eigenvalue weighted by Crippen LogP contribution is -2.15. The highest BCUT2D eigenvalue weighted by atomic mass is 127. The summed E-state index contributed by atoms with van der Waals surface area (Å²) >= 11 is 1.91. The zero-order valence-corrected chi connectivity index (χ0v) is 9.11. The third-order valence-electron chi connectivity index (χ3n) is 1.49. The van der Waals surface area contributed by atoms with Crippen LogP contribution in [0.15, 0.2) is 24.3 Å². The molecule has 1 radical (unpaired) electrons. The SMILES string of the molecule is CC(=O)N(I)c1ccc([C]=O)cc1. The summed E-state index contributed by atoms with van der Waals surface area (Å²) in [6.07, 6.45) is 1.77. The van der Waals surface area contributed by atoms with E-state index >= 15 is 0 Å². The topological polar surface area (TPSA) is 37.4 Å². The zero-order valence-electron chi connectivity index (χ0n) is 6.95. The monoisotopic (exact) mass is 288 g/mol. The molecule has 0 aliphatic rings. The number of anilines is 1. The molecule has 0 aliphatic heterocycles. The number of halogens is 1. The van der Waals surface area contributed by atoms with Gasteiger partial charge in [0.05, 0.1) is 28.6 Å². The maximum absolute atomic E-state index is 10.9. The molecule has 0 atom stereocenters. The molecular weight excluding hydrogens is 281 g/mol. The van der Waals surface area contributed by atoms with Crippen molar-refractivity contribution in [3.8, 4) is 0 Å². The minimum Gasteiger partial charge on any atom is -0.285 e. The lowest BCUT2D eigenvalue weighted by Gasteiger charge is -2.11. The van der Waals surface area contributed by atoms with Crippen molar-refractivity contribution >= 4 is 40.7 Å². The minimum atomic E-state index is -0.0524. The van der Waals surface area contributed by atoms with E-state index in [0.717, 1.165) is 5.69 Å². The molecule has 0 saturated carbocycles. The van der Waals surface area contributed by atoms with Gasteiger partial charge in [0.25, 0.3) is 0 Å². The lowest BCUT2D eigenvalue weighted by molar-refractivity contribution is -0.115. The van der Waals surface area contributed by atoms with Gasteiger partial charge in [-0.1, -0.05) is 0 Å². The fraction of sp³-hybridized carbons (Fsp3) is 0.111. The van der Waals surface area contributed by atoms with E-state index in [-0.39, 0.29) is 5.91 Å². The van der Waals surface area contributed by atoms with E-state index in [4.69, 9.17) is 0 Å². The van der Waals surface area contributed by atoms with Crippen LogP contribution in [0.2, 0.25) is 0 Å². The Morgan fingerprint density at radius 3 is 2.31 bits per heavy atom. The maximum atomic E-state index is 10.9. The molecule has 67 valence electrons. The van der Waals surface area contributed by atoms with Crippen molar-refractivity contribution in [2.45, 2.75) is 6.92 Å². The van der Waals surface area contributed by atoms with E-state index in [1.807, 2.05) is 22.9 Å². The maximum Gasteiger partial charge on any atom is 0.233 e. The number of carbonyl (C=O) groups is 1. The normalized spacial score (nSPS) is 9.38. The molecule has 0 unspecified atom stereocenters. The van der Waals surface area contributed by atoms with Gasteiger partial charge in [-0.15, -0.1) is 0 Å². The summed E-state index contributed by atoms with van der Waals surface area (Å²) in [5, 5.41) is 0. The van der Waals surface area contributed by atoms with E-state index in [1.54, 1.807) is 30.6 Å². The predicted molar refractivity (Wildman–Crippen MR) is 58.4 cm³/mol. The van der Waals surface area contributed by atoms with Crippen molar-refractivity contribution in [3.05, 3.63) is 29.8 Å². The number of rotatable bonds is 2. The fourth-order valence-electron chi connectivity index (χ4n) is 0.842. The van der Waals surface area contributed by atoms with Crippen LogP contribution in [0.3, 0.4) is 0 Å². The van der Waals surface area contributed by atoms with Crippen LogP contribution in [0, 0.1) is 0 Å². The standard InChI is InChI=1S/C9H7INO2/c1-7(13)11(10)9-4-2-8(6-12)3-5-9/h2-5H,1H3. The first-order valence-electron chi connectivity index (χ1n) is 3.60. The first kappa shape index (κ1) is 10.2. The first-order chi connectivity index (χ1) is 6.15. The molecule has 1 rings (SSSR count). The van der Waals surface area contributed by atoms with Crippen LogP contribution in [-0.4, -0.2) is 12.2 Å². The van der Waals surface area contributed by atoms with Crippen LogP contribution in [0.5, 0.6) is 0 Å². The second kappa shape index (κ2) is 4.36. The molecule has 0 bridgehead atoms. The number of amides is 1. The van der Waals surface area contributed by atoms with Crippen LogP contribution in [0.4, 0.5) is 5.69 Å². The van der Waals surface area contributed by atoms with Crippen molar-refractivity contribution in [1.29, 1.82) is 0 Å². The van der Waals surface area contributed by atoms with Crippen LogP contribution >= 0.6 is 22.9 Å². The van der Waals surface area contributed by atoms with Gasteiger partial charge < -0.3 is 0 Å². The molecule has 0 aromatic heterocycles. The molecule has 13 heavy (non-hydrogen) atoms. The Hall–Kier alpha value is -0.910. The second-order valence-electron chi connectivity index (χ2n) is 2.45. The summed E-state index contributed by atoms with van der Waals surface area (Å²) < 4.78 is 1.48. The van der Waals surface area contributed by atoms with Gasteiger partial charge in [0.15, 0.2) is 0 Å². The van der Waals surface area contributed by atoms with Crippen LogP contribution in [0.1, 0.15) is 12.5 Å². The largest absolute Gasteiger partial charge is 0.285 e. The molecule has 0 saturated heterocycles. The molecule has 4 heteroatoms. The third-order valence-corrected chi connectivity index (χ3v) is 2.72. The highest BCUT2D eigenvalue weighted by Gasteiger charge is 2.06. The van der Waals surface area contributed by atoms with Gasteiger partial charge in [-0.2, -0.15) is 0 Å². The Labute approximate surface area is 90.2 Å². The number of benzene rings is 1. The van der Waals surface area contributed by atoms with Crippen LogP contribution in [-0.2, 0) is 9.59 Å². The summed E-state index contributed by atoms with van der Waals surface area (Å²) in [7, 11) is 0. The van der Waals surface area contributed by atoms with Crippen molar-refractivity contribution in [3.63, 3.8) is 0 Å². The second-order valence-corrected chi connectivity index (χ2v) is 3.41. The third kappa shape index (κ3) is 2.51. The smallest absolute Gasteiger partial charge is 0.233 e. The Morgan fingerprint density at radius 2 is 1.92 bits per heavy atom. The van der Waals surface area contributed by atoms with Gasteiger partial charge >= 0.3 is 0 Å². The van der Waals surface area contributed by atoms with Crippen LogP contribution in [0.25, 0.3) is 0 Å². The van der Waals surface area contributed by atoms with E-state index in [0.29, 0.717) is 5.56 Å². The summed E-state index contributed by atoms with van der Waals surface area (Å²) in [5.41, 5.74) is 1.24. The van der Waals surface area contributed by atoms with Gasteiger partial charge in [0, 0.05) is 12.5 Å². The summed E-state index contributed by atoms with van der Waals surface area (Å²) in [4.78, 5) is 21.2. The van der Waals surface area contributed by atoms with Crippen molar-refractivity contribution < 1.29 is 9.59 Å². The number of nitrogens with zero attached hydrogens (tertiary/aromatic N) is 1. The molecule has 1 aromatic rings. The lowest BCUT2D eigenvalue weighted by atomic mass is 10.2. The Balaban J connectivity index is 2.91. The molecule has 1 amide bonds. The van der Waals surface area contributed by atoms with Crippen molar-refractivity contribution in [2.24, 2.45) is 0 Å². The summed E-state index contributed by atoms with van der Waals surface area (Å²) in [6.45, 7) is 1.48.